The van der Waals surface area contributed by atoms with Gasteiger partial charge in [-0.1, -0.05) is 0 Å². The molecule has 2 rings (SSSR count). The Labute approximate surface area is 89.9 Å². The number of ether oxygens (including phenoxy) is 1. The van der Waals surface area contributed by atoms with Gasteiger partial charge in [-0.05, 0) is 38.3 Å². The van der Waals surface area contributed by atoms with Crippen LogP contribution in [-0.4, -0.2) is 6.61 Å². The molecule has 3 nitrogen and oxygen atoms in total. The van der Waals surface area contributed by atoms with Gasteiger partial charge >= 0.3 is 0 Å². The van der Waals surface area contributed by atoms with E-state index >= 15 is 0 Å². The van der Waals surface area contributed by atoms with E-state index in [1.807, 2.05) is 19.9 Å². The minimum Gasteiger partial charge on any atom is -0.501 e. The zero-order chi connectivity index (χ0) is 10.8. The molecule has 0 aliphatic carbocycles. The van der Waals surface area contributed by atoms with Crippen molar-refractivity contribution < 1.29 is 9.15 Å². The summed E-state index contributed by atoms with van der Waals surface area (Å²) in [6.07, 6.45) is 3.87. The number of rotatable bonds is 2. The summed E-state index contributed by atoms with van der Waals surface area (Å²) in [5.74, 6) is 1.82. The Balaban J connectivity index is 2.23. The van der Waals surface area contributed by atoms with Crippen molar-refractivity contribution in [2.45, 2.75) is 32.7 Å². The normalized spacial score (nSPS) is 18.2. The average Bonchev–Trinajstić information content (AvgIpc) is 2.58. The van der Waals surface area contributed by atoms with Crippen LogP contribution in [0.3, 0.4) is 0 Å². The van der Waals surface area contributed by atoms with E-state index in [0.717, 1.165) is 42.1 Å². The highest BCUT2D eigenvalue weighted by Crippen LogP contribution is 2.29. The fraction of sp³-hybridized carbons (Fsp3) is 0.500. The van der Waals surface area contributed by atoms with E-state index in [1.165, 1.54) is 0 Å². The van der Waals surface area contributed by atoms with Crippen molar-refractivity contribution >= 4 is 0 Å². The van der Waals surface area contributed by atoms with Gasteiger partial charge in [0.1, 0.15) is 11.5 Å². The quantitative estimate of drug-likeness (QED) is 0.810. The second-order valence-corrected chi connectivity index (χ2v) is 4.01. The molecule has 15 heavy (non-hydrogen) atoms. The Morgan fingerprint density at radius 2 is 2.20 bits per heavy atom. The molecule has 1 aliphatic heterocycles. The lowest BCUT2D eigenvalue weighted by molar-refractivity contribution is 0.221. The first-order valence-corrected chi connectivity index (χ1v) is 5.31. The van der Waals surface area contributed by atoms with Gasteiger partial charge in [0.25, 0.3) is 0 Å². The average molecular weight is 207 g/mol. The van der Waals surface area contributed by atoms with Crippen molar-refractivity contribution in [3.63, 3.8) is 0 Å². The van der Waals surface area contributed by atoms with Gasteiger partial charge in [-0.3, -0.25) is 0 Å². The molecule has 2 heterocycles. The second kappa shape index (κ2) is 4.11. The predicted octanol–water partition coefficient (Wildman–Crippen LogP) is 2.59. The third kappa shape index (κ3) is 2.07. The highest BCUT2D eigenvalue weighted by Gasteiger charge is 2.19. The summed E-state index contributed by atoms with van der Waals surface area (Å²) in [4.78, 5) is 0. The lowest BCUT2D eigenvalue weighted by Gasteiger charge is -2.19. The largest absolute Gasteiger partial charge is 0.501 e. The zero-order valence-corrected chi connectivity index (χ0v) is 9.25. The SMILES string of the molecule is Cc1cc(C(N)C2=COCCC2)c(C)o1. The van der Waals surface area contributed by atoms with Gasteiger partial charge in [-0.15, -0.1) is 0 Å². The molecule has 0 bridgehead atoms. The summed E-state index contributed by atoms with van der Waals surface area (Å²) in [6, 6.07) is 1.93. The second-order valence-electron chi connectivity index (χ2n) is 4.01. The third-order valence-electron chi connectivity index (χ3n) is 2.78. The smallest absolute Gasteiger partial charge is 0.106 e. The molecule has 3 heteroatoms. The number of aryl methyl sites for hydroxylation is 2. The summed E-state index contributed by atoms with van der Waals surface area (Å²) in [6.45, 7) is 4.70. The van der Waals surface area contributed by atoms with Crippen molar-refractivity contribution in [1.82, 2.24) is 0 Å². The van der Waals surface area contributed by atoms with E-state index in [0.29, 0.717) is 0 Å². The molecule has 0 saturated heterocycles. The van der Waals surface area contributed by atoms with Gasteiger partial charge in [0.2, 0.25) is 0 Å². The van der Waals surface area contributed by atoms with Crippen LogP contribution in [0.4, 0.5) is 0 Å². The summed E-state index contributed by atoms with van der Waals surface area (Å²) in [5, 5.41) is 0. The van der Waals surface area contributed by atoms with Crippen molar-refractivity contribution in [3.8, 4) is 0 Å². The predicted molar refractivity (Wildman–Crippen MR) is 58.4 cm³/mol. The summed E-state index contributed by atoms with van der Waals surface area (Å²) in [7, 11) is 0. The first kappa shape index (κ1) is 10.3. The van der Waals surface area contributed by atoms with Crippen LogP contribution in [0.1, 0.15) is 36.0 Å². The Morgan fingerprint density at radius 1 is 1.40 bits per heavy atom. The van der Waals surface area contributed by atoms with Gasteiger partial charge in [-0.2, -0.15) is 0 Å². The minimum absolute atomic E-state index is 0.0808. The van der Waals surface area contributed by atoms with Crippen LogP contribution in [0, 0.1) is 13.8 Å². The van der Waals surface area contributed by atoms with Crippen LogP contribution in [0.15, 0.2) is 22.3 Å². The Bertz CT molecular complexity index is 379. The maximum Gasteiger partial charge on any atom is 0.106 e. The summed E-state index contributed by atoms with van der Waals surface area (Å²) in [5.41, 5.74) is 8.41. The van der Waals surface area contributed by atoms with Crippen LogP contribution >= 0.6 is 0 Å². The van der Waals surface area contributed by atoms with Crippen LogP contribution in [0.2, 0.25) is 0 Å². The maximum atomic E-state index is 6.18. The first-order chi connectivity index (χ1) is 7.18. The van der Waals surface area contributed by atoms with E-state index in [1.54, 1.807) is 6.26 Å². The molecule has 82 valence electrons. The Morgan fingerprint density at radius 3 is 2.73 bits per heavy atom. The van der Waals surface area contributed by atoms with Crippen molar-refractivity contribution in [3.05, 3.63) is 35.0 Å². The molecule has 0 amide bonds. The molecule has 1 aliphatic rings. The van der Waals surface area contributed by atoms with Gasteiger partial charge in [0.15, 0.2) is 0 Å². The summed E-state index contributed by atoms with van der Waals surface area (Å²) >= 11 is 0. The highest BCUT2D eigenvalue weighted by atomic mass is 16.5. The molecule has 0 spiro atoms. The molecule has 1 aromatic rings. The maximum absolute atomic E-state index is 6.18. The molecular formula is C12H17NO2. The molecular weight excluding hydrogens is 190 g/mol. The third-order valence-corrected chi connectivity index (χ3v) is 2.78. The molecule has 0 radical (unpaired) electrons. The van der Waals surface area contributed by atoms with Crippen LogP contribution in [-0.2, 0) is 4.74 Å². The number of nitrogens with two attached hydrogens (primary N) is 1. The highest BCUT2D eigenvalue weighted by molar-refractivity contribution is 5.31. The molecule has 1 unspecified atom stereocenters. The van der Waals surface area contributed by atoms with Crippen LogP contribution in [0.25, 0.3) is 0 Å². The van der Waals surface area contributed by atoms with Gasteiger partial charge in [0.05, 0.1) is 18.9 Å². The summed E-state index contributed by atoms with van der Waals surface area (Å²) < 4.78 is 10.8. The topological polar surface area (TPSA) is 48.4 Å². The van der Waals surface area contributed by atoms with E-state index < -0.39 is 0 Å². The molecule has 0 aromatic carbocycles. The van der Waals surface area contributed by atoms with Crippen molar-refractivity contribution in [2.24, 2.45) is 5.73 Å². The molecule has 0 saturated carbocycles. The fourth-order valence-electron chi connectivity index (χ4n) is 1.97. The van der Waals surface area contributed by atoms with E-state index in [-0.39, 0.29) is 6.04 Å². The zero-order valence-electron chi connectivity index (χ0n) is 9.25. The molecule has 1 aromatic heterocycles. The molecule has 2 N–H and O–H groups in total. The lowest BCUT2D eigenvalue weighted by atomic mass is 9.96. The minimum atomic E-state index is -0.0808. The van der Waals surface area contributed by atoms with Crippen LogP contribution in [0.5, 0.6) is 0 Å². The number of hydrogen-bond acceptors (Lipinski definition) is 3. The van der Waals surface area contributed by atoms with E-state index in [2.05, 4.69) is 0 Å². The Hall–Kier alpha value is -1.22. The lowest BCUT2D eigenvalue weighted by Crippen LogP contribution is -2.16. The van der Waals surface area contributed by atoms with Crippen LogP contribution < -0.4 is 5.73 Å². The van der Waals surface area contributed by atoms with E-state index in [9.17, 15) is 0 Å². The van der Waals surface area contributed by atoms with Gasteiger partial charge in [0, 0.05) is 5.56 Å². The van der Waals surface area contributed by atoms with Crippen molar-refractivity contribution in [2.75, 3.05) is 6.61 Å². The monoisotopic (exact) mass is 207 g/mol. The number of hydrogen-bond donors (Lipinski definition) is 1. The van der Waals surface area contributed by atoms with E-state index in [4.69, 9.17) is 14.9 Å². The molecule has 0 fully saturated rings. The Kier molecular flexibility index (Phi) is 2.82. The number of furan rings is 1. The van der Waals surface area contributed by atoms with Gasteiger partial charge in [-0.25, -0.2) is 0 Å². The van der Waals surface area contributed by atoms with Crippen molar-refractivity contribution in [1.29, 1.82) is 0 Å². The molecule has 1 atom stereocenters. The van der Waals surface area contributed by atoms with Gasteiger partial charge < -0.3 is 14.9 Å². The fourth-order valence-corrected chi connectivity index (χ4v) is 1.97. The first-order valence-electron chi connectivity index (χ1n) is 5.31. The standard InChI is InChI=1S/C12H17NO2/c1-8-6-11(9(2)15-8)12(13)10-4-3-5-14-7-10/h6-7,12H,3-5,13H2,1-2H3.